The largest absolute Gasteiger partial charge is 0.325 e. The van der Waals surface area contributed by atoms with Gasteiger partial charge in [-0.05, 0) is 13.3 Å². The number of hydrogen-bond donors (Lipinski definition) is 2. The molecule has 1 aliphatic heterocycles. The average Bonchev–Trinajstić information content (AvgIpc) is 2.43. The Hall–Kier alpha value is -2.10. The van der Waals surface area contributed by atoms with E-state index in [1.165, 1.54) is 6.19 Å². The van der Waals surface area contributed by atoms with E-state index in [9.17, 15) is 14.4 Å². The Bertz CT molecular complexity index is 387. The number of urea groups is 1. The molecule has 0 bridgehead atoms. The highest BCUT2D eigenvalue weighted by Gasteiger charge is 2.46. The number of nitrogens with zero attached hydrogens (tertiary/aromatic N) is 2. The van der Waals surface area contributed by atoms with Crippen LogP contribution in [0.4, 0.5) is 4.79 Å². The van der Waals surface area contributed by atoms with E-state index in [1.54, 1.807) is 13.8 Å². The monoisotopic (exact) mass is 224 g/mol. The van der Waals surface area contributed by atoms with E-state index in [1.807, 2.05) is 5.32 Å². The molecule has 1 heterocycles. The van der Waals surface area contributed by atoms with Crippen molar-refractivity contribution in [3.05, 3.63) is 0 Å². The summed E-state index contributed by atoms with van der Waals surface area (Å²) in [5.74, 6) is -1.14. The second-order valence-electron chi connectivity index (χ2n) is 3.67. The van der Waals surface area contributed by atoms with Crippen molar-refractivity contribution in [2.45, 2.75) is 25.8 Å². The molecule has 1 fully saturated rings. The summed E-state index contributed by atoms with van der Waals surface area (Å²) < 4.78 is 0. The smallest absolute Gasteiger partial charge is 0.323 e. The van der Waals surface area contributed by atoms with Gasteiger partial charge in [0.2, 0.25) is 0 Å². The molecule has 4 amide bonds. The fraction of sp³-hybridized carbons (Fsp3) is 0.556. The van der Waals surface area contributed by atoms with Gasteiger partial charge in [-0.2, -0.15) is 5.26 Å². The van der Waals surface area contributed by atoms with Crippen molar-refractivity contribution >= 4 is 17.8 Å². The first-order valence-electron chi connectivity index (χ1n) is 4.76. The Kier molecular flexibility index (Phi) is 3.13. The van der Waals surface area contributed by atoms with E-state index in [4.69, 9.17) is 5.26 Å². The van der Waals surface area contributed by atoms with Crippen LogP contribution in [-0.2, 0) is 9.59 Å². The number of rotatable bonds is 3. The highest BCUT2D eigenvalue weighted by Crippen LogP contribution is 2.20. The lowest BCUT2D eigenvalue weighted by Crippen LogP contribution is -2.44. The molecule has 0 aromatic carbocycles. The Morgan fingerprint density at radius 2 is 2.25 bits per heavy atom. The van der Waals surface area contributed by atoms with Gasteiger partial charge in [-0.15, -0.1) is 0 Å². The molecule has 1 atom stereocenters. The third-order valence-corrected chi connectivity index (χ3v) is 2.55. The van der Waals surface area contributed by atoms with E-state index in [-0.39, 0.29) is 0 Å². The van der Waals surface area contributed by atoms with E-state index >= 15 is 0 Å². The summed E-state index contributed by atoms with van der Waals surface area (Å²) in [5.41, 5.74) is -0.954. The van der Waals surface area contributed by atoms with Gasteiger partial charge in [-0.25, -0.2) is 4.79 Å². The van der Waals surface area contributed by atoms with Gasteiger partial charge in [0.05, 0.1) is 0 Å². The molecular weight excluding hydrogens is 212 g/mol. The number of imide groups is 1. The maximum Gasteiger partial charge on any atom is 0.325 e. The molecule has 0 aromatic rings. The first-order valence-corrected chi connectivity index (χ1v) is 4.76. The van der Waals surface area contributed by atoms with E-state index < -0.39 is 29.9 Å². The second-order valence-corrected chi connectivity index (χ2v) is 3.67. The molecular formula is C9H12N4O3. The van der Waals surface area contributed by atoms with Crippen LogP contribution in [0.25, 0.3) is 0 Å². The Labute approximate surface area is 92.4 Å². The maximum absolute atomic E-state index is 11.8. The number of hydrogen-bond acceptors (Lipinski definition) is 4. The second kappa shape index (κ2) is 4.18. The van der Waals surface area contributed by atoms with Crippen molar-refractivity contribution in [3.8, 4) is 6.19 Å². The molecule has 7 nitrogen and oxygen atoms in total. The molecule has 0 saturated carbocycles. The maximum atomic E-state index is 11.8. The molecule has 1 rings (SSSR count). The molecule has 1 unspecified atom stereocenters. The summed E-state index contributed by atoms with van der Waals surface area (Å²) in [6.07, 6.45) is 1.88. The fourth-order valence-corrected chi connectivity index (χ4v) is 1.38. The van der Waals surface area contributed by atoms with Crippen LogP contribution in [0, 0.1) is 11.5 Å². The first-order chi connectivity index (χ1) is 7.44. The third-order valence-electron chi connectivity index (χ3n) is 2.55. The summed E-state index contributed by atoms with van der Waals surface area (Å²) in [6, 6.07) is -0.609. The quantitative estimate of drug-likeness (QED) is 0.376. The number of carbonyl (C=O) groups excluding carboxylic acids is 3. The molecule has 7 heteroatoms. The molecule has 2 N–H and O–H groups in total. The zero-order valence-corrected chi connectivity index (χ0v) is 9.03. The average molecular weight is 224 g/mol. The van der Waals surface area contributed by atoms with Crippen LogP contribution in [0.1, 0.15) is 20.3 Å². The van der Waals surface area contributed by atoms with Crippen LogP contribution in [0.3, 0.4) is 0 Å². The lowest BCUT2D eigenvalue weighted by Gasteiger charge is -2.18. The van der Waals surface area contributed by atoms with Crippen molar-refractivity contribution in [2.24, 2.45) is 0 Å². The zero-order chi connectivity index (χ0) is 12.3. The molecule has 0 aromatic heterocycles. The van der Waals surface area contributed by atoms with E-state index in [0.717, 1.165) is 4.90 Å². The van der Waals surface area contributed by atoms with Crippen LogP contribution in [0.5, 0.6) is 0 Å². The molecule has 0 spiro atoms. The predicted molar refractivity (Wildman–Crippen MR) is 52.7 cm³/mol. The van der Waals surface area contributed by atoms with Gasteiger partial charge < -0.3 is 5.32 Å². The molecule has 16 heavy (non-hydrogen) atoms. The number of carbonyl (C=O) groups is 3. The number of nitrogens with one attached hydrogen (secondary N) is 2. The van der Waals surface area contributed by atoms with Gasteiger partial charge in [0, 0.05) is 0 Å². The molecule has 1 aliphatic rings. The van der Waals surface area contributed by atoms with Crippen LogP contribution in [-0.4, -0.2) is 34.8 Å². The van der Waals surface area contributed by atoms with Crippen LogP contribution >= 0.6 is 0 Å². The van der Waals surface area contributed by atoms with E-state index in [2.05, 4.69) is 5.32 Å². The summed E-state index contributed by atoms with van der Waals surface area (Å²) in [6.45, 7) is 2.92. The minimum atomic E-state index is -0.954. The van der Waals surface area contributed by atoms with Crippen molar-refractivity contribution in [3.63, 3.8) is 0 Å². The van der Waals surface area contributed by atoms with Crippen molar-refractivity contribution in [1.29, 1.82) is 5.26 Å². The Balaban J connectivity index is 2.77. The molecule has 86 valence electrons. The van der Waals surface area contributed by atoms with Gasteiger partial charge in [0.15, 0.2) is 6.19 Å². The van der Waals surface area contributed by atoms with Crippen LogP contribution < -0.4 is 10.6 Å². The van der Waals surface area contributed by atoms with Gasteiger partial charge in [-0.3, -0.25) is 19.8 Å². The van der Waals surface area contributed by atoms with E-state index in [0.29, 0.717) is 6.42 Å². The summed E-state index contributed by atoms with van der Waals surface area (Å²) in [4.78, 5) is 35.1. The lowest BCUT2D eigenvalue weighted by molar-refractivity contribution is -0.134. The Morgan fingerprint density at radius 1 is 1.62 bits per heavy atom. The zero-order valence-electron chi connectivity index (χ0n) is 9.03. The molecule has 0 aliphatic carbocycles. The predicted octanol–water partition coefficient (Wildman–Crippen LogP) is -0.696. The van der Waals surface area contributed by atoms with Gasteiger partial charge in [0.1, 0.15) is 12.1 Å². The highest BCUT2D eigenvalue weighted by molar-refractivity contribution is 6.08. The minimum absolute atomic E-state index is 0.437. The van der Waals surface area contributed by atoms with Gasteiger partial charge in [-0.1, -0.05) is 6.92 Å². The van der Waals surface area contributed by atoms with Gasteiger partial charge in [0.25, 0.3) is 11.8 Å². The molecule has 1 saturated heterocycles. The minimum Gasteiger partial charge on any atom is -0.323 e. The summed E-state index contributed by atoms with van der Waals surface area (Å²) in [5, 5.41) is 12.6. The van der Waals surface area contributed by atoms with Crippen LogP contribution in [0.2, 0.25) is 0 Å². The van der Waals surface area contributed by atoms with Gasteiger partial charge >= 0.3 is 6.03 Å². The van der Waals surface area contributed by atoms with Crippen molar-refractivity contribution in [2.75, 3.05) is 6.54 Å². The van der Waals surface area contributed by atoms with Crippen molar-refractivity contribution in [1.82, 2.24) is 15.5 Å². The van der Waals surface area contributed by atoms with Crippen molar-refractivity contribution < 1.29 is 14.4 Å². The third kappa shape index (κ3) is 1.95. The SMILES string of the molecule is CCC1(C)NC(=O)N(CC(=O)NC#N)C1=O. The number of amides is 4. The Morgan fingerprint density at radius 3 is 2.69 bits per heavy atom. The fourth-order valence-electron chi connectivity index (χ4n) is 1.38. The van der Waals surface area contributed by atoms with Crippen LogP contribution in [0.15, 0.2) is 0 Å². The standard InChI is InChI=1S/C9H12N4O3/c1-3-9(2)7(15)13(8(16)12-9)4-6(14)11-5-10/h3-4H2,1-2H3,(H,11,14)(H,12,16). The normalized spacial score (nSPS) is 23.9. The lowest BCUT2D eigenvalue weighted by atomic mass is 9.99. The summed E-state index contributed by atoms with van der Waals surface area (Å²) >= 11 is 0. The molecule has 0 radical (unpaired) electrons. The first kappa shape index (κ1) is 12.0. The topological polar surface area (TPSA) is 102 Å². The number of nitriles is 1. The summed E-state index contributed by atoms with van der Waals surface area (Å²) in [7, 11) is 0. The highest BCUT2D eigenvalue weighted by atomic mass is 16.2.